The first kappa shape index (κ1) is 17.0. The SMILES string of the molecule is C[C@@H](Oc1cccc2ccccc12)C(=O)N/N=C\c1ccccc1Cl. The second-order valence-electron chi connectivity index (χ2n) is 5.49. The molecule has 0 fully saturated rings. The number of nitrogens with zero attached hydrogens (tertiary/aromatic N) is 1. The molecule has 25 heavy (non-hydrogen) atoms. The predicted molar refractivity (Wildman–Crippen MR) is 101 cm³/mol. The lowest BCUT2D eigenvalue weighted by atomic mass is 10.1. The molecule has 1 atom stereocenters. The minimum atomic E-state index is -0.686. The third-order valence-electron chi connectivity index (χ3n) is 3.71. The fraction of sp³-hybridized carbons (Fsp3) is 0.100. The summed E-state index contributed by atoms with van der Waals surface area (Å²) in [6.07, 6.45) is 0.819. The molecule has 0 saturated heterocycles. The van der Waals surface area contributed by atoms with Gasteiger partial charge in [-0.15, -0.1) is 0 Å². The highest BCUT2D eigenvalue weighted by atomic mass is 35.5. The number of ether oxygens (including phenoxy) is 1. The Morgan fingerprint density at radius 3 is 2.64 bits per heavy atom. The Labute approximate surface area is 151 Å². The summed E-state index contributed by atoms with van der Waals surface area (Å²) in [6, 6.07) is 20.9. The van der Waals surface area contributed by atoms with Crippen LogP contribution in [0.1, 0.15) is 12.5 Å². The maximum atomic E-state index is 12.2. The second-order valence-corrected chi connectivity index (χ2v) is 5.90. The van der Waals surface area contributed by atoms with Gasteiger partial charge in [-0.05, 0) is 24.4 Å². The van der Waals surface area contributed by atoms with Gasteiger partial charge in [-0.25, -0.2) is 5.43 Å². The van der Waals surface area contributed by atoms with Crippen molar-refractivity contribution in [3.8, 4) is 5.75 Å². The lowest BCUT2D eigenvalue weighted by Gasteiger charge is -2.14. The molecule has 0 aliphatic carbocycles. The van der Waals surface area contributed by atoms with E-state index in [0.717, 1.165) is 16.3 Å². The van der Waals surface area contributed by atoms with Gasteiger partial charge in [0.25, 0.3) is 5.91 Å². The van der Waals surface area contributed by atoms with Gasteiger partial charge in [-0.2, -0.15) is 5.10 Å². The number of carbonyl (C=O) groups excluding carboxylic acids is 1. The minimum absolute atomic E-state index is 0.337. The summed E-state index contributed by atoms with van der Waals surface area (Å²) in [5.41, 5.74) is 3.20. The predicted octanol–water partition coefficient (Wildman–Crippen LogP) is 4.41. The smallest absolute Gasteiger partial charge is 0.280 e. The topological polar surface area (TPSA) is 50.7 Å². The van der Waals surface area contributed by atoms with Crippen LogP contribution in [0.4, 0.5) is 0 Å². The van der Waals surface area contributed by atoms with Gasteiger partial charge in [0, 0.05) is 16.0 Å². The van der Waals surface area contributed by atoms with Crippen LogP contribution in [0.15, 0.2) is 71.8 Å². The van der Waals surface area contributed by atoms with Crippen LogP contribution in [0.2, 0.25) is 5.02 Å². The third kappa shape index (κ3) is 4.17. The van der Waals surface area contributed by atoms with Crippen molar-refractivity contribution in [2.24, 2.45) is 5.10 Å². The third-order valence-corrected chi connectivity index (χ3v) is 4.05. The summed E-state index contributed by atoms with van der Waals surface area (Å²) in [7, 11) is 0. The Morgan fingerprint density at radius 1 is 1.08 bits per heavy atom. The molecule has 0 aliphatic rings. The van der Waals surface area contributed by atoms with Crippen LogP contribution < -0.4 is 10.2 Å². The van der Waals surface area contributed by atoms with Gasteiger partial charge in [0.15, 0.2) is 6.10 Å². The number of hydrogen-bond acceptors (Lipinski definition) is 3. The van der Waals surface area contributed by atoms with E-state index in [0.29, 0.717) is 10.8 Å². The van der Waals surface area contributed by atoms with Crippen molar-refractivity contribution in [1.82, 2.24) is 5.43 Å². The monoisotopic (exact) mass is 352 g/mol. The Kier molecular flexibility index (Phi) is 5.31. The molecule has 0 radical (unpaired) electrons. The zero-order valence-corrected chi connectivity index (χ0v) is 14.4. The molecule has 3 rings (SSSR count). The van der Waals surface area contributed by atoms with Crippen LogP contribution in [0.5, 0.6) is 5.75 Å². The van der Waals surface area contributed by atoms with Gasteiger partial charge in [-0.1, -0.05) is 66.2 Å². The maximum Gasteiger partial charge on any atom is 0.280 e. The van der Waals surface area contributed by atoms with E-state index < -0.39 is 6.10 Å². The van der Waals surface area contributed by atoms with Crippen molar-refractivity contribution in [3.63, 3.8) is 0 Å². The van der Waals surface area contributed by atoms with Crippen LogP contribution in [0.3, 0.4) is 0 Å². The van der Waals surface area contributed by atoms with Gasteiger partial charge in [0.05, 0.1) is 6.21 Å². The first-order valence-corrected chi connectivity index (χ1v) is 8.25. The van der Waals surface area contributed by atoms with Gasteiger partial charge in [0.1, 0.15) is 5.75 Å². The van der Waals surface area contributed by atoms with Crippen molar-refractivity contribution < 1.29 is 9.53 Å². The van der Waals surface area contributed by atoms with Gasteiger partial charge in [-0.3, -0.25) is 4.79 Å². The highest BCUT2D eigenvalue weighted by Gasteiger charge is 2.15. The molecule has 0 heterocycles. The molecule has 0 bridgehead atoms. The number of benzene rings is 3. The average Bonchev–Trinajstić information content (AvgIpc) is 2.63. The number of hydrogen-bond donors (Lipinski definition) is 1. The van der Waals surface area contributed by atoms with Crippen LogP contribution >= 0.6 is 11.6 Å². The van der Waals surface area contributed by atoms with E-state index in [2.05, 4.69) is 10.5 Å². The van der Waals surface area contributed by atoms with E-state index in [1.54, 1.807) is 13.0 Å². The molecule has 0 aromatic heterocycles. The number of amides is 1. The first-order valence-electron chi connectivity index (χ1n) is 7.87. The number of rotatable bonds is 5. The molecule has 126 valence electrons. The standard InChI is InChI=1S/C20H17ClN2O2/c1-14(20(24)23-22-13-16-8-3-5-11-18(16)21)25-19-12-6-9-15-7-2-4-10-17(15)19/h2-14H,1H3,(H,23,24)/b22-13-/t14-/m1/s1. The molecule has 5 heteroatoms. The summed E-state index contributed by atoms with van der Waals surface area (Å²) in [5, 5.41) is 6.53. The zero-order chi connectivity index (χ0) is 17.6. The molecule has 3 aromatic carbocycles. The fourth-order valence-electron chi connectivity index (χ4n) is 2.38. The van der Waals surface area contributed by atoms with Gasteiger partial charge in [0.2, 0.25) is 0 Å². The lowest BCUT2D eigenvalue weighted by Crippen LogP contribution is -2.33. The van der Waals surface area contributed by atoms with Crippen molar-refractivity contribution in [3.05, 3.63) is 77.3 Å². The molecular weight excluding hydrogens is 336 g/mol. The summed E-state index contributed by atoms with van der Waals surface area (Å²) in [5.74, 6) is 0.326. The summed E-state index contributed by atoms with van der Waals surface area (Å²) < 4.78 is 5.80. The number of hydrazone groups is 1. The molecule has 4 nitrogen and oxygen atoms in total. The summed E-state index contributed by atoms with van der Waals surface area (Å²) >= 11 is 6.04. The number of carbonyl (C=O) groups is 1. The molecule has 1 amide bonds. The van der Waals surface area contributed by atoms with Crippen LogP contribution in [0, 0.1) is 0 Å². The largest absolute Gasteiger partial charge is 0.480 e. The van der Waals surface area contributed by atoms with Crippen molar-refractivity contribution >= 4 is 34.5 Å². The molecule has 0 saturated carbocycles. The van der Waals surface area contributed by atoms with E-state index in [4.69, 9.17) is 16.3 Å². The molecular formula is C20H17ClN2O2. The van der Waals surface area contributed by atoms with E-state index in [9.17, 15) is 4.79 Å². The van der Waals surface area contributed by atoms with Crippen LogP contribution in [-0.4, -0.2) is 18.2 Å². The van der Waals surface area contributed by atoms with Crippen LogP contribution in [0.25, 0.3) is 10.8 Å². The Morgan fingerprint density at radius 2 is 1.80 bits per heavy atom. The first-order chi connectivity index (χ1) is 12.1. The van der Waals surface area contributed by atoms with E-state index in [-0.39, 0.29) is 5.91 Å². The highest BCUT2D eigenvalue weighted by Crippen LogP contribution is 2.26. The number of halogens is 1. The average molecular weight is 353 g/mol. The fourth-order valence-corrected chi connectivity index (χ4v) is 2.56. The summed E-state index contributed by atoms with van der Waals surface area (Å²) in [6.45, 7) is 1.68. The molecule has 0 spiro atoms. The molecule has 0 unspecified atom stereocenters. The van der Waals surface area contributed by atoms with E-state index in [1.165, 1.54) is 6.21 Å². The Bertz CT molecular complexity index is 919. The molecule has 1 N–H and O–H groups in total. The van der Waals surface area contributed by atoms with Crippen molar-refractivity contribution in [2.45, 2.75) is 13.0 Å². The zero-order valence-electron chi connectivity index (χ0n) is 13.6. The summed E-state index contributed by atoms with van der Waals surface area (Å²) in [4.78, 5) is 12.2. The van der Waals surface area contributed by atoms with Gasteiger partial charge >= 0.3 is 0 Å². The lowest BCUT2D eigenvalue weighted by molar-refractivity contribution is -0.127. The normalized spacial score (nSPS) is 12.2. The second kappa shape index (κ2) is 7.81. The van der Waals surface area contributed by atoms with Gasteiger partial charge < -0.3 is 4.74 Å². The number of fused-ring (bicyclic) bond motifs is 1. The highest BCUT2D eigenvalue weighted by molar-refractivity contribution is 6.33. The van der Waals surface area contributed by atoms with E-state index >= 15 is 0 Å². The van der Waals surface area contributed by atoms with Crippen molar-refractivity contribution in [2.75, 3.05) is 0 Å². The van der Waals surface area contributed by atoms with Crippen molar-refractivity contribution in [1.29, 1.82) is 0 Å². The molecule has 0 aliphatic heterocycles. The quantitative estimate of drug-likeness (QED) is 0.546. The van der Waals surface area contributed by atoms with Crippen LogP contribution in [-0.2, 0) is 4.79 Å². The Balaban J connectivity index is 1.65. The molecule has 3 aromatic rings. The maximum absolute atomic E-state index is 12.2. The van der Waals surface area contributed by atoms with E-state index in [1.807, 2.05) is 60.7 Å². The number of nitrogens with one attached hydrogen (secondary N) is 1. The Hall–Kier alpha value is -2.85. The minimum Gasteiger partial charge on any atom is -0.480 e.